The minimum atomic E-state index is -0.407. The highest BCUT2D eigenvalue weighted by Crippen LogP contribution is 2.27. The van der Waals surface area contributed by atoms with Crippen LogP contribution in [-0.2, 0) is 13.1 Å². The van der Waals surface area contributed by atoms with Crippen LogP contribution >= 0.6 is 0 Å². The fourth-order valence-corrected chi connectivity index (χ4v) is 2.99. The molecule has 3 aromatic rings. The number of hydrogen-bond donors (Lipinski definition) is 1. The number of nitrogens with two attached hydrogens (primary N) is 1. The molecule has 0 unspecified atom stereocenters. The molecule has 0 radical (unpaired) electrons. The SMILES string of the molecule is NCc1cnc2n1-c1ccc(F)cc1C(c1ccccc1F)=NC2. The molecule has 0 aliphatic carbocycles. The van der Waals surface area contributed by atoms with E-state index in [1.807, 2.05) is 4.57 Å². The average molecular weight is 324 g/mol. The summed E-state index contributed by atoms with van der Waals surface area (Å²) >= 11 is 0. The lowest BCUT2D eigenvalue weighted by atomic mass is 9.99. The van der Waals surface area contributed by atoms with Crippen molar-refractivity contribution in [1.82, 2.24) is 9.55 Å². The third-order valence-corrected chi connectivity index (χ3v) is 4.08. The maximum atomic E-state index is 14.3. The third kappa shape index (κ3) is 2.23. The lowest BCUT2D eigenvalue weighted by molar-refractivity contribution is 0.623. The van der Waals surface area contributed by atoms with Gasteiger partial charge in [0, 0.05) is 17.7 Å². The Bertz CT molecular complexity index is 959. The standard InChI is InChI=1S/C18H14F2N4/c19-11-5-6-16-14(7-11)18(13-3-1-2-4-15(13)20)23-10-17-22-9-12(8-21)24(16)17/h1-7,9H,8,10,21H2. The molecule has 4 rings (SSSR count). The van der Waals surface area contributed by atoms with Gasteiger partial charge < -0.3 is 5.73 Å². The Labute approximate surface area is 137 Å². The molecule has 2 N–H and O–H groups in total. The van der Waals surface area contributed by atoms with Crippen molar-refractivity contribution in [1.29, 1.82) is 0 Å². The van der Waals surface area contributed by atoms with Gasteiger partial charge in [0.2, 0.25) is 0 Å². The molecular weight excluding hydrogens is 310 g/mol. The molecule has 6 heteroatoms. The molecule has 0 amide bonds. The summed E-state index contributed by atoms with van der Waals surface area (Å²) in [5.74, 6) is -0.115. The first kappa shape index (κ1) is 14.7. The Morgan fingerprint density at radius 2 is 1.92 bits per heavy atom. The molecule has 4 nitrogen and oxygen atoms in total. The van der Waals surface area contributed by atoms with E-state index in [0.717, 1.165) is 5.69 Å². The summed E-state index contributed by atoms with van der Waals surface area (Å²) in [6.07, 6.45) is 1.69. The molecule has 1 aromatic heterocycles. The molecular formula is C18H14F2N4. The zero-order chi connectivity index (χ0) is 16.7. The van der Waals surface area contributed by atoms with Crippen LogP contribution in [0.5, 0.6) is 0 Å². The first-order valence-electron chi connectivity index (χ1n) is 7.54. The zero-order valence-electron chi connectivity index (χ0n) is 12.7. The van der Waals surface area contributed by atoms with Crippen LogP contribution in [0.25, 0.3) is 5.69 Å². The van der Waals surface area contributed by atoms with Crippen molar-refractivity contribution in [3.8, 4) is 5.69 Å². The van der Waals surface area contributed by atoms with E-state index in [0.29, 0.717) is 34.9 Å². The molecule has 0 saturated heterocycles. The van der Waals surface area contributed by atoms with E-state index in [2.05, 4.69) is 9.98 Å². The number of rotatable bonds is 2. The predicted molar refractivity (Wildman–Crippen MR) is 87.2 cm³/mol. The summed E-state index contributed by atoms with van der Waals surface area (Å²) in [5, 5.41) is 0. The first-order chi connectivity index (χ1) is 11.7. The van der Waals surface area contributed by atoms with Gasteiger partial charge in [-0.1, -0.05) is 12.1 Å². The maximum absolute atomic E-state index is 14.3. The van der Waals surface area contributed by atoms with E-state index in [-0.39, 0.29) is 6.54 Å². The van der Waals surface area contributed by atoms with Crippen LogP contribution in [0.4, 0.5) is 8.78 Å². The molecule has 120 valence electrons. The molecule has 2 heterocycles. The predicted octanol–water partition coefficient (Wildman–Crippen LogP) is 2.96. The van der Waals surface area contributed by atoms with E-state index in [1.165, 1.54) is 18.2 Å². The van der Waals surface area contributed by atoms with Crippen molar-refractivity contribution in [2.45, 2.75) is 13.1 Å². The van der Waals surface area contributed by atoms with Gasteiger partial charge in [-0.3, -0.25) is 9.56 Å². The number of nitrogens with zero attached hydrogens (tertiary/aromatic N) is 3. The molecule has 0 saturated carbocycles. The van der Waals surface area contributed by atoms with Gasteiger partial charge in [-0.25, -0.2) is 13.8 Å². The number of halogens is 2. The Balaban J connectivity index is 2.01. The molecule has 0 fully saturated rings. The number of benzene rings is 2. The third-order valence-electron chi connectivity index (χ3n) is 4.08. The van der Waals surface area contributed by atoms with E-state index in [9.17, 15) is 8.78 Å². The fraction of sp³-hybridized carbons (Fsp3) is 0.111. The van der Waals surface area contributed by atoms with Gasteiger partial charge in [0.25, 0.3) is 0 Å². The highest BCUT2D eigenvalue weighted by atomic mass is 19.1. The number of hydrogen-bond acceptors (Lipinski definition) is 3. The highest BCUT2D eigenvalue weighted by molar-refractivity contribution is 6.15. The van der Waals surface area contributed by atoms with Crippen molar-refractivity contribution >= 4 is 5.71 Å². The lowest BCUT2D eigenvalue weighted by Crippen LogP contribution is -2.12. The molecule has 0 spiro atoms. The first-order valence-corrected chi connectivity index (χ1v) is 7.54. The van der Waals surface area contributed by atoms with Gasteiger partial charge in [-0.05, 0) is 30.3 Å². The fourth-order valence-electron chi connectivity index (χ4n) is 2.99. The topological polar surface area (TPSA) is 56.2 Å². The van der Waals surface area contributed by atoms with Gasteiger partial charge in [0.05, 0.1) is 29.8 Å². The summed E-state index contributed by atoms with van der Waals surface area (Å²) in [5.41, 5.74) is 8.56. The van der Waals surface area contributed by atoms with Gasteiger partial charge in [0.15, 0.2) is 0 Å². The minimum Gasteiger partial charge on any atom is -0.325 e. The number of aliphatic imine (C=N–C) groups is 1. The van der Waals surface area contributed by atoms with Crippen LogP contribution in [0.2, 0.25) is 0 Å². The smallest absolute Gasteiger partial charge is 0.135 e. The minimum absolute atomic E-state index is 0.264. The summed E-state index contributed by atoms with van der Waals surface area (Å²) < 4.78 is 30.1. The second kappa shape index (κ2) is 5.65. The molecule has 24 heavy (non-hydrogen) atoms. The van der Waals surface area contributed by atoms with Gasteiger partial charge >= 0.3 is 0 Å². The van der Waals surface area contributed by atoms with Crippen LogP contribution in [0, 0.1) is 11.6 Å². The van der Waals surface area contributed by atoms with E-state index in [1.54, 1.807) is 30.5 Å². The van der Waals surface area contributed by atoms with E-state index >= 15 is 0 Å². The normalized spacial score (nSPS) is 13.0. The summed E-state index contributed by atoms with van der Waals surface area (Å²) in [6.45, 7) is 0.554. The Morgan fingerprint density at radius 3 is 2.71 bits per heavy atom. The Morgan fingerprint density at radius 1 is 1.08 bits per heavy atom. The Kier molecular flexibility index (Phi) is 3.46. The quantitative estimate of drug-likeness (QED) is 0.788. The van der Waals surface area contributed by atoms with Crippen molar-refractivity contribution < 1.29 is 8.78 Å². The Hall–Kier alpha value is -2.86. The molecule has 1 aliphatic heterocycles. The van der Waals surface area contributed by atoms with Gasteiger partial charge in [-0.15, -0.1) is 0 Å². The number of fused-ring (bicyclic) bond motifs is 3. The lowest BCUT2D eigenvalue weighted by Gasteiger charge is -2.14. The molecule has 2 aromatic carbocycles. The molecule has 0 bridgehead atoms. The number of aromatic nitrogens is 2. The van der Waals surface area contributed by atoms with E-state index < -0.39 is 11.6 Å². The van der Waals surface area contributed by atoms with Crippen LogP contribution in [0.3, 0.4) is 0 Å². The molecule has 0 atom stereocenters. The summed E-state index contributed by atoms with van der Waals surface area (Å²) in [4.78, 5) is 8.86. The summed E-state index contributed by atoms with van der Waals surface area (Å²) in [7, 11) is 0. The van der Waals surface area contributed by atoms with Crippen LogP contribution in [0.1, 0.15) is 22.6 Å². The number of imidazole rings is 1. The second-order valence-electron chi connectivity index (χ2n) is 5.51. The second-order valence-corrected chi connectivity index (χ2v) is 5.51. The monoisotopic (exact) mass is 324 g/mol. The van der Waals surface area contributed by atoms with Gasteiger partial charge in [-0.2, -0.15) is 0 Å². The maximum Gasteiger partial charge on any atom is 0.135 e. The largest absolute Gasteiger partial charge is 0.325 e. The van der Waals surface area contributed by atoms with Crippen LogP contribution < -0.4 is 5.73 Å². The zero-order valence-corrected chi connectivity index (χ0v) is 12.7. The van der Waals surface area contributed by atoms with Gasteiger partial charge in [0.1, 0.15) is 17.5 Å². The van der Waals surface area contributed by atoms with Crippen LogP contribution in [0.15, 0.2) is 53.7 Å². The van der Waals surface area contributed by atoms with Crippen molar-refractivity contribution in [2.75, 3.05) is 0 Å². The van der Waals surface area contributed by atoms with E-state index in [4.69, 9.17) is 5.73 Å². The van der Waals surface area contributed by atoms with Crippen LogP contribution in [-0.4, -0.2) is 15.3 Å². The average Bonchev–Trinajstić information content (AvgIpc) is 2.93. The van der Waals surface area contributed by atoms with Crippen molar-refractivity contribution in [3.05, 3.63) is 82.9 Å². The molecule has 1 aliphatic rings. The highest BCUT2D eigenvalue weighted by Gasteiger charge is 2.23. The summed E-state index contributed by atoms with van der Waals surface area (Å²) in [6, 6.07) is 10.7. The van der Waals surface area contributed by atoms with Crippen molar-refractivity contribution in [2.24, 2.45) is 10.7 Å². The van der Waals surface area contributed by atoms with Crippen molar-refractivity contribution in [3.63, 3.8) is 0 Å².